The van der Waals surface area contributed by atoms with E-state index < -0.39 is 23.8 Å². The number of morpholine rings is 1. The zero-order valence-corrected chi connectivity index (χ0v) is 19.2. The largest absolute Gasteiger partial charge is 0.490 e. The number of halogens is 5. The molecule has 0 radical (unpaired) electrons. The highest BCUT2D eigenvalue weighted by atomic mass is 19.4. The summed E-state index contributed by atoms with van der Waals surface area (Å²) in [5, 5.41) is 7.12. The van der Waals surface area contributed by atoms with Gasteiger partial charge in [0.2, 0.25) is 0 Å². The molecule has 2 aromatic carbocycles. The van der Waals surface area contributed by atoms with Crippen LogP contribution in [0.5, 0.6) is 0 Å². The first kappa shape index (κ1) is 27.3. The minimum atomic E-state index is -5.08. The minimum Gasteiger partial charge on any atom is -0.475 e. The number of alkyl halides is 3. The highest BCUT2D eigenvalue weighted by Crippen LogP contribution is 2.26. The summed E-state index contributed by atoms with van der Waals surface area (Å²) in [6.07, 6.45) is -3.06. The molecule has 194 valence electrons. The van der Waals surface area contributed by atoms with Gasteiger partial charge in [-0.2, -0.15) is 13.2 Å². The van der Waals surface area contributed by atoms with Crippen molar-refractivity contribution in [2.24, 2.45) is 0 Å². The number of carbonyl (C=O) groups excluding carboxylic acids is 1. The normalized spacial score (nSPS) is 20.1. The Labute approximate surface area is 204 Å². The van der Waals surface area contributed by atoms with Gasteiger partial charge in [-0.3, -0.25) is 4.79 Å². The molecule has 0 bridgehead atoms. The molecular weight excluding hydrogens is 487 g/mol. The molecule has 1 amide bonds. The highest BCUT2D eigenvalue weighted by Gasteiger charge is 2.38. The van der Waals surface area contributed by atoms with Crippen LogP contribution in [0, 0.1) is 11.6 Å². The van der Waals surface area contributed by atoms with E-state index in [-0.39, 0.29) is 17.4 Å². The second-order valence-corrected chi connectivity index (χ2v) is 8.44. The molecule has 2 aromatic rings. The summed E-state index contributed by atoms with van der Waals surface area (Å²) in [6.45, 7) is 3.89. The Balaban J connectivity index is 0.000000454. The van der Waals surface area contributed by atoms with Gasteiger partial charge in [0.15, 0.2) is 6.54 Å². The SMILES string of the molecule is O=C(C[NH+]1CC(c2cc(F)ccc2F)=CC(c2ccccc2)C1)N1CCOCC1.O=C(O)C(F)(F)F. The van der Waals surface area contributed by atoms with Crippen LogP contribution in [0.1, 0.15) is 17.0 Å². The van der Waals surface area contributed by atoms with Crippen LogP contribution in [0.3, 0.4) is 0 Å². The fourth-order valence-corrected chi connectivity index (χ4v) is 4.13. The molecule has 2 unspecified atom stereocenters. The Bertz CT molecular complexity index is 1090. The zero-order valence-electron chi connectivity index (χ0n) is 19.2. The van der Waals surface area contributed by atoms with Gasteiger partial charge in [0, 0.05) is 24.2 Å². The van der Waals surface area contributed by atoms with E-state index in [1.807, 2.05) is 41.3 Å². The number of rotatable bonds is 4. The molecule has 4 rings (SSSR count). The molecule has 2 aliphatic heterocycles. The average molecular weight is 513 g/mol. The van der Waals surface area contributed by atoms with Gasteiger partial charge in [-0.25, -0.2) is 13.6 Å². The van der Waals surface area contributed by atoms with E-state index in [0.29, 0.717) is 39.4 Å². The summed E-state index contributed by atoms with van der Waals surface area (Å²) in [7, 11) is 0. The summed E-state index contributed by atoms with van der Waals surface area (Å²) >= 11 is 0. The van der Waals surface area contributed by atoms with E-state index in [9.17, 15) is 26.7 Å². The van der Waals surface area contributed by atoms with Gasteiger partial charge in [-0.05, 0) is 23.8 Å². The van der Waals surface area contributed by atoms with Gasteiger partial charge in [0.1, 0.15) is 18.2 Å². The number of carboxylic acids is 1. The van der Waals surface area contributed by atoms with Crippen LogP contribution < -0.4 is 4.90 Å². The summed E-state index contributed by atoms with van der Waals surface area (Å²) in [4.78, 5) is 24.5. The third-order valence-corrected chi connectivity index (χ3v) is 5.86. The van der Waals surface area contributed by atoms with Crippen molar-refractivity contribution in [2.45, 2.75) is 12.1 Å². The van der Waals surface area contributed by atoms with Gasteiger partial charge < -0.3 is 19.6 Å². The van der Waals surface area contributed by atoms with E-state index in [1.165, 1.54) is 6.07 Å². The predicted molar refractivity (Wildman–Crippen MR) is 120 cm³/mol. The second kappa shape index (κ2) is 12.1. The molecule has 2 atom stereocenters. The van der Waals surface area contributed by atoms with Crippen molar-refractivity contribution < 1.29 is 46.3 Å². The maximum absolute atomic E-state index is 14.5. The lowest BCUT2D eigenvalue weighted by Gasteiger charge is -2.32. The molecule has 2 heterocycles. The number of carboxylic acid groups (broad SMARTS) is 1. The predicted octanol–water partition coefficient (Wildman–Crippen LogP) is 2.52. The molecular formula is C25H26F5N2O4+. The summed E-state index contributed by atoms with van der Waals surface area (Å²) in [5.74, 6) is -3.54. The first-order valence-electron chi connectivity index (χ1n) is 11.2. The standard InChI is InChI=1S/C23H24F2N2O2.C2HF3O2/c24-20-6-7-22(25)21(13-20)19-12-18(17-4-2-1-3-5-17)14-26(15-19)16-23(28)27-8-10-29-11-9-27;3-2(4,5)1(6)7/h1-7,12-13,18H,8-11,14-16H2;(H,6,7)/p+1. The van der Waals surface area contributed by atoms with Crippen molar-refractivity contribution in [3.8, 4) is 0 Å². The molecule has 0 saturated carbocycles. The second-order valence-electron chi connectivity index (χ2n) is 8.44. The van der Waals surface area contributed by atoms with Gasteiger partial charge in [-0.1, -0.05) is 36.4 Å². The van der Waals surface area contributed by atoms with Gasteiger partial charge >= 0.3 is 12.1 Å². The third kappa shape index (κ3) is 7.59. The number of hydrogen-bond donors (Lipinski definition) is 2. The maximum Gasteiger partial charge on any atom is 0.490 e. The van der Waals surface area contributed by atoms with Gasteiger partial charge in [0.25, 0.3) is 5.91 Å². The van der Waals surface area contributed by atoms with Gasteiger partial charge in [-0.15, -0.1) is 0 Å². The summed E-state index contributed by atoms with van der Waals surface area (Å²) in [6, 6.07) is 13.5. The monoisotopic (exact) mass is 513 g/mol. The number of nitrogens with one attached hydrogen (secondary N) is 1. The Hall–Kier alpha value is -3.31. The van der Waals surface area contributed by atoms with Crippen LogP contribution in [0.2, 0.25) is 0 Å². The van der Waals surface area contributed by atoms with Crippen molar-refractivity contribution in [3.05, 3.63) is 77.4 Å². The Morgan fingerprint density at radius 3 is 2.31 bits per heavy atom. The van der Waals surface area contributed by atoms with Crippen LogP contribution >= 0.6 is 0 Å². The Morgan fingerprint density at radius 1 is 1.06 bits per heavy atom. The molecule has 6 nitrogen and oxygen atoms in total. The van der Waals surface area contributed by atoms with Crippen LogP contribution in [-0.4, -0.2) is 74.0 Å². The fourth-order valence-electron chi connectivity index (χ4n) is 4.13. The van der Waals surface area contributed by atoms with E-state index in [1.54, 1.807) is 0 Å². The topological polar surface area (TPSA) is 71.3 Å². The molecule has 2 aliphatic rings. The third-order valence-electron chi connectivity index (χ3n) is 5.86. The van der Waals surface area contributed by atoms with Crippen LogP contribution in [-0.2, 0) is 14.3 Å². The van der Waals surface area contributed by atoms with Crippen molar-refractivity contribution in [1.82, 2.24) is 4.90 Å². The lowest BCUT2D eigenvalue weighted by molar-refractivity contribution is -0.886. The van der Waals surface area contributed by atoms with E-state index in [4.69, 9.17) is 14.6 Å². The lowest BCUT2D eigenvalue weighted by Crippen LogP contribution is -3.14. The van der Waals surface area contributed by atoms with Gasteiger partial charge in [0.05, 0.1) is 25.7 Å². The Morgan fingerprint density at radius 2 is 1.69 bits per heavy atom. The summed E-state index contributed by atoms with van der Waals surface area (Å²) in [5.41, 5.74) is 2.13. The summed E-state index contributed by atoms with van der Waals surface area (Å²) < 4.78 is 65.3. The van der Waals surface area contributed by atoms with Crippen LogP contribution in [0.25, 0.3) is 5.57 Å². The molecule has 0 aromatic heterocycles. The fraction of sp³-hybridized carbons (Fsp3) is 0.360. The molecule has 2 N–H and O–H groups in total. The molecule has 36 heavy (non-hydrogen) atoms. The number of ether oxygens (including phenoxy) is 1. The number of nitrogens with zero attached hydrogens (tertiary/aromatic N) is 1. The van der Waals surface area contributed by atoms with Crippen molar-refractivity contribution in [2.75, 3.05) is 45.9 Å². The molecule has 0 spiro atoms. The molecule has 0 aliphatic carbocycles. The number of amides is 1. The molecule has 1 fully saturated rings. The van der Waals surface area contributed by atoms with E-state index >= 15 is 0 Å². The van der Waals surface area contributed by atoms with Crippen molar-refractivity contribution in [3.63, 3.8) is 0 Å². The van der Waals surface area contributed by atoms with E-state index in [2.05, 4.69) is 0 Å². The number of quaternary nitrogens is 1. The smallest absolute Gasteiger partial charge is 0.475 e. The highest BCUT2D eigenvalue weighted by molar-refractivity contribution is 5.77. The number of carbonyl (C=O) groups is 2. The van der Waals surface area contributed by atoms with Crippen LogP contribution in [0.15, 0.2) is 54.6 Å². The Kier molecular flexibility index (Phi) is 9.16. The quantitative estimate of drug-likeness (QED) is 0.617. The maximum atomic E-state index is 14.5. The van der Waals surface area contributed by atoms with Crippen LogP contribution in [0.4, 0.5) is 22.0 Å². The minimum absolute atomic E-state index is 0.0371. The first-order valence-corrected chi connectivity index (χ1v) is 11.2. The molecule has 11 heteroatoms. The van der Waals surface area contributed by atoms with Crippen molar-refractivity contribution >= 4 is 17.4 Å². The first-order chi connectivity index (χ1) is 17.0. The number of hydrogen-bond acceptors (Lipinski definition) is 3. The van der Waals surface area contributed by atoms with E-state index in [0.717, 1.165) is 34.7 Å². The lowest BCUT2D eigenvalue weighted by atomic mass is 9.89. The number of benzene rings is 2. The van der Waals surface area contributed by atoms with Crippen molar-refractivity contribution in [1.29, 1.82) is 0 Å². The molecule has 1 saturated heterocycles. The average Bonchev–Trinajstić information content (AvgIpc) is 2.86. The zero-order chi connectivity index (χ0) is 26.3. The number of aliphatic carboxylic acids is 1.